The van der Waals surface area contributed by atoms with Gasteiger partial charge in [-0.1, -0.05) is 17.7 Å². The molecule has 0 atom stereocenters. The average Bonchev–Trinajstić information content (AvgIpc) is 2.34. The van der Waals surface area contributed by atoms with E-state index in [0.717, 1.165) is 0 Å². The Bertz CT molecular complexity index is 270. The monoisotopic (exact) mass is 178 g/mol. The molecule has 0 amide bonds. The first-order valence-electron chi connectivity index (χ1n) is 4.47. The first kappa shape index (κ1) is 9.90. The summed E-state index contributed by atoms with van der Waals surface area (Å²) in [6.45, 7) is 2.12. The van der Waals surface area contributed by atoms with Gasteiger partial charge in [-0.25, -0.2) is 0 Å². The van der Waals surface area contributed by atoms with Crippen LogP contribution in [0.25, 0.3) is 0 Å². The molecule has 0 bridgehead atoms. The van der Waals surface area contributed by atoms with E-state index in [1.807, 2.05) is 0 Å². The zero-order valence-corrected chi connectivity index (χ0v) is 9.13. The van der Waals surface area contributed by atoms with Crippen molar-refractivity contribution in [1.82, 2.24) is 9.80 Å². The van der Waals surface area contributed by atoms with Crippen LogP contribution < -0.4 is 0 Å². The van der Waals surface area contributed by atoms with Gasteiger partial charge in [-0.2, -0.15) is 0 Å². The highest BCUT2D eigenvalue weighted by molar-refractivity contribution is 5.46. The van der Waals surface area contributed by atoms with Crippen LogP contribution in [-0.4, -0.2) is 38.0 Å². The third kappa shape index (κ3) is 2.14. The molecule has 0 fully saturated rings. The van der Waals surface area contributed by atoms with Crippen LogP contribution in [0, 0.1) is 0 Å². The van der Waals surface area contributed by atoms with E-state index < -0.39 is 0 Å². The normalized spacial score (nSPS) is 14.5. The van der Waals surface area contributed by atoms with Crippen LogP contribution in [0.5, 0.6) is 0 Å². The minimum absolute atomic E-state index is 1.24. The lowest BCUT2D eigenvalue weighted by Crippen LogP contribution is -2.25. The van der Waals surface area contributed by atoms with Gasteiger partial charge in [0, 0.05) is 33.8 Å². The molecule has 13 heavy (non-hydrogen) atoms. The Kier molecular flexibility index (Phi) is 2.81. The molecule has 0 saturated heterocycles. The molecule has 0 unspecified atom stereocenters. The first-order valence-corrected chi connectivity index (χ1v) is 4.47. The maximum absolute atomic E-state index is 2.20. The van der Waals surface area contributed by atoms with Gasteiger partial charge in [-0.3, -0.25) is 0 Å². The van der Waals surface area contributed by atoms with Crippen LogP contribution in [-0.2, 0) is 0 Å². The predicted molar refractivity (Wildman–Crippen MR) is 57.3 cm³/mol. The van der Waals surface area contributed by atoms with Crippen molar-refractivity contribution in [2.24, 2.45) is 0 Å². The molecule has 0 N–H and O–H groups in total. The van der Waals surface area contributed by atoms with Crippen LogP contribution in [0.3, 0.4) is 0 Å². The van der Waals surface area contributed by atoms with Crippen LogP contribution in [0.1, 0.15) is 6.92 Å². The molecule has 0 saturated carbocycles. The van der Waals surface area contributed by atoms with E-state index in [9.17, 15) is 0 Å². The van der Waals surface area contributed by atoms with Gasteiger partial charge in [-0.15, -0.1) is 0 Å². The summed E-state index contributed by atoms with van der Waals surface area (Å²) in [5, 5.41) is 0. The summed E-state index contributed by atoms with van der Waals surface area (Å²) in [6, 6.07) is 0. The van der Waals surface area contributed by atoms with Crippen molar-refractivity contribution in [3.05, 3.63) is 35.2 Å². The molecule has 0 spiro atoms. The van der Waals surface area contributed by atoms with Crippen molar-refractivity contribution in [2.75, 3.05) is 28.2 Å². The Labute approximate surface area is 80.8 Å². The van der Waals surface area contributed by atoms with Crippen LogP contribution in [0.15, 0.2) is 35.2 Å². The molecule has 0 aromatic heterocycles. The van der Waals surface area contributed by atoms with Crippen molar-refractivity contribution < 1.29 is 0 Å². The van der Waals surface area contributed by atoms with Gasteiger partial charge in [0.25, 0.3) is 0 Å². The summed E-state index contributed by atoms with van der Waals surface area (Å²) in [5.74, 6) is 1.24. The number of nitrogens with zero attached hydrogens (tertiary/aromatic N) is 2. The number of allylic oxidation sites excluding steroid dienone is 5. The molecule has 0 radical (unpaired) electrons. The zero-order chi connectivity index (χ0) is 10.0. The minimum atomic E-state index is 1.24. The summed E-state index contributed by atoms with van der Waals surface area (Å²) < 4.78 is 0. The standard InChI is InChI=1S/C11H18N2/c1-9-6-7-10(8-9)11(12(2)3)13(4)5/h6-8H,1-5H3. The number of hydrogen-bond acceptors (Lipinski definition) is 2. The molecular weight excluding hydrogens is 160 g/mol. The molecule has 1 aliphatic carbocycles. The Morgan fingerprint density at radius 3 is 1.85 bits per heavy atom. The molecular formula is C11H18N2. The molecule has 0 aromatic carbocycles. The second kappa shape index (κ2) is 3.69. The molecule has 72 valence electrons. The van der Waals surface area contributed by atoms with Gasteiger partial charge < -0.3 is 9.80 Å². The highest BCUT2D eigenvalue weighted by Crippen LogP contribution is 2.20. The highest BCUT2D eigenvalue weighted by atomic mass is 15.3. The highest BCUT2D eigenvalue weighted by Gasteiger charge is 2.09. The van der Waals surface area contributed by atoms with E-state index in [4.69, 9.17) is 0 Å². The van der Waals surface area contributed by atoms with Gasteiger partial charge in [0.2, 0.25) is 0 Å². The van der Waals surface area contributed by atoms with E-state index in [1.54, 1.807) is 0 Å². The van der Waals surface area contributed by atoms with Gasteiger partial charge in [0.1, 0.15) is 5.82 Å². The molecule has 2 heteroatoms. The molecule has 1 aliphatic rings. The van der Waals surface area contributed by atoms with Crippen molar-refractivity contribution in [2.45, 2.75) is 6.92 Å². The third-order valence-electron chi connectivity index (χ3n) is 2.01. The minimum Gasteiger partial charge on any atom is -0.364 e. The van der Waals surface area contributed by atoms with E-state index in [2.05, 4.69) is 63.1 Å². The maximum Gasteiger partial charge on any atom is 0.110 e. The predicted octanol–water partition coefficient (Wildman–Crippen LogP) is 1.84. The quantitative estimate of drug-likeness (QED) is 0.636. The molecule has 1 rings (SSSR count). The average molecular weight is 178 g/mol. The number of hydrogen-bond donors (Lipinski definition) is 0. The first-order chi connectivity index (χ1) is 6.02. The Balaban J connectivity index is 3.06. The second-order valence-corrected chi connectivity index (χ2v) is 3.79. The van der Waals surface area contributed by atoms with Crippen molar-refractivity contribution >= 4 is 0 Å². The molecule has 0 aliphatic heterocycles. The van der Waals surface area contributed by atoms with Gasteiger partial charge in [0.05, 0.1) is 0 Å². The van der Waals surface area contributed by atoms with Crippen LogP contribution in [0.2, 0.25) is 0 Å². The fourth-order valence-electron chi connectivity index (χ4n) is 1.62. The van der Waals surface area contributed by atoms with Crippen molar-refractivity contribution in [3.8, 4) is 0 Å². The summed E-state index contributed by atoms with van der Waals surface area (Å²) in [5.41, 5.74) is 2.60. The Morgan fingerprint density at radius 1 is 1.00 bits per heavy atom. The van der Waals surface area contributed by atoms with Gasteiger partial charge >= 0.3 is 0 Å². The van der Waals surface area contributed by atoms with E-state index >= 15 is 0 Å². The second-order valence-electron chi connectivity index (χ2n) is 3.79. The topological polar surface area (TPSA) is 6.48 Å². The van der Waals surface area contributed by atoms with E-state index in [-0.39, 0.29) is 0 Å². The smallest absolute Gasteiger partial charge is 0.110 e. The SMILES string of the molecule is CC1=CC(=C(N(C)C)N(C)C)C=C1. The molecule has 2 nitrogen and oxygen atoms in total. The van der Waals surface area contributed by atoms with Crippen LogP contribution >= 0.6 is 0 Å². The van der Waals surface area contributed by atoms with Crippen LogP contribution in [0.4, 0.5) is 0 Å². The third-order valence-corrected chi connectivity index (χ3v) is 2.01. The number of rotatable bonds is 2. The molecule has 0 aromatic rings. The fourth-order valence-corrected chi connectivity index (χ4v) is 1.62. The summed E-state index contributed by atoms with van der Waals surface area (Å²) >= 11 is 0. The lowest BCUT2D eigenvalue weighted by molar-refractivity contribution is 0.340. The van der Waals surface area contributed by atoms with E-state index in [1.165, 1.54) is 17.0 Å². The van der Waals surface area contributed by atoms with E-state index in [0.29, 0.717) is 0 Å². The zero-order valence-electron chi connectivity index (χ0n) is 9.13. The van der Waals surface area contributed by atoms with Crippen molar-refractivity contribution in [3.63, 3.8) is 0 Å². The largest absolute Gasteiger partial charge is 0.364 e. The summed E-state index contributed by atoms with van der Waals surface area (Å²) in [4.78, 5) is 4.27. The maximum atomic E-state index is 2.20. The van der Waals surface area contributed by atoms with Gasteiger partial charge in [-0.05, 0) is 13.0 Å². The Morgan fingerprint density at radius 2 is 1.54 bits per heavy atom. The lowest BCUT2D eigenvalue weighted by atomic mass is 10.2. The van der Waals surface area contributed by atoms with Crippen molar-refractivity contribution in [1.29, 1.82) is 0 Å². The summed E-state index contributed by atoms with van der Waals surface area (Å²) in [7, 11) is 8.27. The van der Waals surface area contributed by atoms with Gasteiger partial charge in [0.15, 0.2) is 0 Å². The fraction of sp³-hybridized carbons (Fsp3) is 0.455. The Hall–Kier alpha value is -1.18. The molecule has 0 heterocycles. The summed E-state index contributed by atoms with van der Waals surface area (Å²) in [6.07, 6.45) is 6.50. The lowest BCUT2D eigenvalue weighted by Gasteiger charge is -2.26.